The summed E-state index contributed by atoms with van der Waals surface area (Å²) in [6.07, 6.45) is 8.47. The van der Waals surface area contributed by atoms with Gasteiger partial charge in [0.25, 0.3) is 5.56 Å². The normalized spacial score (nSPS) is 25.2. The Bertz CT molecular complexity index is 793. The highest BCUT2D eigenvalue weighted by Crippen LogP contribution is 2.26. The quantitative estimate of drug-likeness (QED) is 0.711. The number of rotatable bonds is 6. The number of hydrogen-bond donors (Lipinski definition) is 0. The Balaban J connectivity index is 1.33. The van der Waals surface area contributed by atoms with Crippen LogP contribution in [0.4, 0.5) is 0 Å². The number of hydrogen-bond acceptors (Lipinski definition) is 5. The van der Waals surface area contributed by atoms with Gasteiger partial charge in [-0.2, -0.15) is 0 Å². The van der Waals surface area contributed by atoms with Gasteiger partial charge >= 0.3 is 0 Å². The molecule has 2 saturated heterocycles. The summed E-state index contributed by atoms with van der Waals surface area (Å²) in [5.41, 5.74) is 1.02. The third-order valence-corrected chi connectivity index (χ3v) is 6.73. The van der Waals surface area contributed by atoms with Crippen LogP contribution in [0.2, 0.25) is 0 Å². The first-order valence-corrected chi connectivity index (χ1v) is 11.9. The predicted octanol–water partition coefficient (Wildman–Crippen LogP) is 2.18. The Labute approximate surface area is 179 Å². The topological polar surface area (TPSA) is 67.7 Å². The van der Waals surface area contributed by atoms with Crippen LogP contribution < -0.4 is 5.56 Å². The van der Waals surface area contributed by atoms with Gasteiger partial charge in [0.1, 0.15) is 5.82 Å². The van der Waals surface area contributed by atoms with Crippen molar-refractivity contribution in [2.75, 3.05) is 39.3 Å². The maximum Gasteiger partial charge on any atom is 0.253 e. The molecule has 1 aromatic heterocycles. The van der Waals surface area contributed by atoms with E-state index >= 15 is 0 Å². The molecule has 0 spiro atoms. The smallest absolute Gasteiger partial charge is 0.253 e. The van der Waals surface area contributed by atoms with E-state index < -0.39 is 0 Å². The number of piperidine rings is 1. The number of carbonyl (C=O) groups excluding carboxylic acids is 1. The molecule has 1 amide bonds. The average molecular weight is 417 g/mol. The van der Waals surface area contributed by atoms with E-state index in [1.54, 1.807) is 6.07 Å². The Hall–Kier alpha value is -1.73. The third kappa shape index (κ3) is 5.11. The van der Waals surface area contributed by atoms with Crippen LogP contribution in [0, 0.1) is 0 Å². The first-order valence-electron chi connectivity index (χ1n) is 11.9. The number of aryl methyl sites for hydroxylation is 1. The van der Waals surface area contributed by atoms with Crippen molar-refractivity contribution in [1.29, 1.82) is 0 Å². The van der Waals surface area contributed by atoms with Gasteiger partial charge in [0.05, 0.1) is 18.3 Å². The minimum Gasteiger partial charge on any atom is -0.376 e. The fraction of sp³-hybridized carbons (Fsp3) is 0.783. The summed E-state index contributed by atoms with van der Waals surface area (Å²) in [5.74, 6) is 1.41. The highest BCUT2D eigenvalue weighted by Gasteiger charge is 2.30. The van der Waals surface area contributed by atoms with Crippen molar-refractivity contribution in [3.63, 3.8) is 0 Å². The van der Waals surface area contributed by atoms with Crippen LogP contribution in [0.1, 0.15) is 69.3 Å². The summed E-state index contributed by atoms with van der Waals surface area (Å²) in [6, 6.07) is 1.74. The molecular formula is C23H36N4O3. The van der Waals surface area contributed by atoms with Gasteiger partial charge < -0.3 is 9.64 Å². The Morgan fingerprint density at radius 2 is 2.03 bits per heavy atom. The average Bonchev–Trinajstić information content (AvgIpc) is 3.08. The van der Waals surface area contributed by atoms with Gasteiger partial charge in [-0.3, -0.25) is 19.1 Å². The second-order valence-electron chi connectivity index (χ2n) is 9.09. The molecule has 0 aromatic carbocycles. The van der Waals surface area contributed by atoms with E-state index in [1.165, 1.54) is 0 Å². The zero-order valence-electron chi connectivity index (χ0n) is 18.4. The molecule has 7 nitrogen and oxygen atoms in total. The van der Waals surface area contributed by atoms with E-state index in [0.29, 0.717) is 6.54 Å². The van der Waals surface area contributed by atoms with Gasteiger partial charge in [-0.25, -0.2) is 4.98 Å². The van der Waals surface area contributed by atoms with E-state index in [0.717, 1.165) is 102 Å². The minimum absolute atomic E-state index is 0.0952. The van der Waals surface area contributed by atoms with E-state index in [2.05, 4.69) is 11.8 Å². The molecule has 30 heavy (non-hydrogen) atoms. The summed E-state index contributed by atoms with van der Waals surface area (Å²) in [6.45, 7) is 7.40. The highest BCUT2D eigenvalue weighted by molar-refractivity contribution is 5.78. The van der Waals surface area contributed by atoms with Crippen molar-refractivity contribution in [2.24, 2.45) is 0 Å². The molecule has 2 fully saturated rings. The zero-order chi connectivity index (χ0) is 20.9. The number of carbonyl (C=O) groups is 1. The molecule has 0 aliphatic carbocycles. The lowest BCUT2D eigenvalue weighted by Crippen LogP contribution is -2.47. The maximum absolute atomic E-state index is 12.9. The number of fused-ring (bicyclic) bond motifs is 1. The molecule has 0 unspecified atom stereocenters. The minimum atomic E-state index is 0.0952. The molecule has 0 saturated carbocycles. The Kier molecular flexibility index (Phi) is 7.20. The van der Waals surface area contributed by atoms with Crippen LogP contribution in [0.15, 0.2) is 10.9 Å². The molecule has 3 aliphatic rings. The summed E-state index contributed by atoms with van der Waals surface area (Å²) < 4.78 is 7.74. The number of likely N-dealkylation sites (tertiary alicyclic amines) is 2. The van der Waals surface area contributed by atoms with Crippen molar-refractivity contribution >= 4 is 5.91 Å². The molecule has 0 bridgehead atoms. The van der Waals surface area contributed by atoms with Gasteiger partial charge in [0.15, 0.2) is 0 Å². The lowest BCUT2D eigenvalue weighted by molar-refractivity contribution is -0.136. The Morgan fingerprint density at radius 1 is 1.13 bits per heavy atom. The van der Waals surface area contributed by atoms with E-state index in [-0.39, 0.29) is 23.5 Å². The molecule has 0 N–H and O–H groups in total. The van der Waals surface area contributed by atoms with Gasteiger partial charge in [0, 0.05) is 51.2 Å². The van der Waals surface area contributed by atoms with Crippen LogP contribution in [0.3, 0.4) is 0 Å². The second-order valence-corrected chi connectivity index (χ2v) is 9.09. The lowest BCUT2D eigenvalue weighted by Gasteiger charge is -2.33. The van der Waals surface area contributed by atoms with Crippen LogP contribution in [0.5, 0.6) is 0 Å². The predicted molar refractivity (Wildman–Crippen MR) is 116 cm³/mol. The lowest BCUT2D eigenvalue weighted by atomic mass is 10.0. The number of nitrogens with zero attached hydrogens (tertiary/aromatic N) is 4. The number of amides is 1. The zero-order valence-corrected chi connectivity index (χ0v) is 18.4. The molecule has 7 heteroatoms. The SMILES string of the molecule is CCCO[C@@H]1CCCN(C(=O)CN2CC[C@H](c3cc(=O)n4c(n3)CCCCC4)C2)C1. The highest BCUT2D eigenvalue weighted by atomic mass is 16.5. The van der Waals surface area contributed by atoms with Crippen LogP contribution in [-0.2, 0) is 22.5 Å². The molecule has 1 aromatic rings. The molecular weight excluding hydrogens is 380 g/mol. The third-order valence-electron chi connectivity index (χ3n) is 6.73. The van der Waals surface area contributed by atoms with Crippen LogP contribution >= 0.6 is 0 Å². The molecule has 166 valence electrons. The fourth-order valence-corrected chi connectivity index (χ4v) is 5.04. The van der Waals surface area contributed by atoms with Crippen molar-refractivity contribution in [1.82, 2.24) is 19.4 Å². The monoisotopic (exact) mass is 416 g/mol. The molecule has 2 atom stereocenters. The largest absolute Gasteiger partial charge is 0.376 e. The standard InChI is InChI=1S/C23H36N4O3/c1-2-13-30-19-7-6-10-26(16-19)23(29)17-25-12-9-18(15-25)20-14-22(28)27-11-5-3-4-8-21(27)24-20/h14,18-19H,2-13,15-17H2,1H3/t18-,19+/m0/s1. The van der Waals surface area contributed by atoms with Crippen LogP contribution in [0.25, 0.3) is 0 Å². The van der Waals surface area contributed by atoms with Gasteiger partial charge in [-0.1, -0.05) is 13.3 Å². The molecule has 4 rings (SSSR count). The maximum atomic E-state index is 12.9. The van der Waals surface area contributed by atoms with Gasteiger partial charge in [0.2, 0.25) is 5.91 Å². The summed E-state index contributed by atoms with van der Waals surface area (Å²) in [4.78, 5) is 34.6. The van der Waals surface area contributed by atoms with E-state index in [1.807, 2.05) is 9.47 Å². The van der Waals surface area contributed by atoms with Crippen molar-refractivity contribution < 1.29 is 9.53 Å². The van der Waals surface area contributed by atoms with E-state index in [9.17, 15) is 9.59 Å². The summed E-state index contributed by atoms with van der Waals surface area (Å²) >= 11 is 0. The number of ether oxygens (including phenoxy) is 1. The summed E-state index contributed by atoms with van der Waals surface area (Å²) in [7, 11) is 0. The molecule has 4 heterocycles. The summed E-state index contributed by atoms with van der Waals surface area (Å²) in [5, 5.41) is 0. The fourth-order valence-electron chi connectivity index (χ4n) is 5.04. The molecule has 0 radical (unpaired) electrons. The first-order chi connectivity index (χ1) is 14.6. The number of aromatic nitrogens is 2. The second kappa shape index (κ2) is 10.1. The molecule has 3 aliphatic heterocycles. The van der Waals surface area contributed by atoms with Crippen molar-refractivity contribution in [3.8, 4) is 0 Å². The Morgan fingerprint density at radius 3 is 2.90 bits per heavy atom. The van der Waals surface area contributed by atoms with Crippen molar-refractivity contribution in [2.45, 2.75) is 76.9 Å². The van der Waals surface area contributed by atoms with E-state index in [4.69, 9.17) is 9.72 Å². The van der Waals surface area contributed by atoms with Crippen molar-refractivity contribution in [3.05, 3.63) is 27.9 Å². The van der Waals surface area contributed by atoms with Gasteiger partial charge in [-0.15, -0.1) is 0 Å². The first kappa shape index (κ1) is 21.5. The van der Waals surface area contributed by atoms with Gasteiger partial charge in [-0.05, 0) is 45.1 Å². The van der Waals surface area contributed by atoms with Crippen LogP contribution in [-0.4, -0.2) is 70.7 Å².